The van der Waals surface area contributed by atoms with Crippen LogP contribution in [-0.2, 0) is 27.6 Å². The molecule has 4 aliphatic rings. The van der Waals surface area contributed by atoms with Gasteiger partial charge in [0.05, 0.1) is 47.0 Å². The number of rotatable bonds is 4. The average Bonchev–Trinajstić information content (AvgIpc) is 3.79. The molecule has 59 heavy (non-hydrogen) atoms. The third-order valence-corrected chi connectivity index (χ3v) is 9.38. The Morgan fingerprint density at radius 3 is 2.27 bits per heavy atom. The number of fused-ring (bicyclic) bond motifs is 5. The summed E-state index contributed by atoms with van der Waals surface area (Å²) < 4.78 is 108. The van der Waals surface area contributed by atoms with E-state index < -0.39 is 105 Å². The molecule has 1 aromatic heterocycles. The Hall–Kier alpha value is -6.22. The Kier molecular flexibility index (Phi) is 10.9. The number of aromatic nitrogens is 2. The van der Waals surface area contributed by atoms with Crippen molar-refractivity contribution in [2.24, 2.45) is 0 Å². The van der Waals surface area contributed by atoms with Crippen LogP contribution in [0.1, 0.15) is 79.6 Å². The van der Waals surface area contributed by atoms with Gasteiger partial charge in [-0.2, -0.15) is 30.9 Å². The van der Waals surface area contributed by atoms with Crippen LogP contribution in [0.5, 0.6) is 11.5 Å². The van der Waals surface area contributed by atoms with Gasteiger partial charge in [-0.1, -0.05) is 0 Å². The number of halogens is 6. The highest BCUT2D eigenvalue weighted by Crippen LogP contribution is 2.42. The fourth-order valence-electron chi connectivity index (χ4n) is 6.57. The molecule has 2 saturated heterocycles. The van der Waals surface area contributed by atoms with E-state index in [1.165, 1.54) is 23.6 Å². The lowest BCUT2D eigenvalue weighted by Crippen LogP contribution is -2.60. The van der Waals surface area contributed by atoms with E-state index in [1.807, 2.05) is 0 Å². The standard InChI is InChI=1S/C37H40F6N8O8/c1-34(2,3)58-32(54)49-8-6-20(15-49)57-29-23(45)11-19(37(41,42)43)13-25(29)48-31(53)27-14-26-30(52)47-24-12-18(36(38,39)40)10-22(44)28(24)56-21-7-9-50(16-21)33(55)59-35(4,5)51(27)17-46-26/h10-14,17,20-21H,6-9,15-16,44-45H2,1-5H3,(H-,47,48,52,53)/p+1. The van der Waals surface area contributed by atoms with Gasteiger partial charge in [0.1, 0.15) is 17.8 Å². The van der Waals surface area contributed by atoms with Crippen LogP contribution in [0.3, 0.4) is 0 Å². The zero-order valence-corrected chi connectivity index (χ0v) is 32.3. The van der Waals surface area contributed by atoms with Crippen LogP contribution in [0.15, 0.2) is 36.7 Å². The van der Waals surface area contributed by atoms with Gasteiger partial charge in [-0.25, -0.2) is 9.59 Å². The van der Waals surface area contributed by atoms with Crippen LogP contribution in [-0.4, -0.2) is 82.8 Å². The number of carbonyl (C=O) groups is 4. The zero-order chi connectivity index (χ0) is 43.4. The van der Waals surface area contributed by atoms with Gasteiger partial charge in [0, 0.05) is 45.8 Å². The SMILES string of the molecule is CC(C)(C)OC(=O)N1CCC(Oc2c(N)cc(C(F)(F)F)cc2NC(=O)c2cc3nc[n+]2C(C)(C)OC(=O)N2CCC(C2)Oc2c(N)cc(C(F)(F)F)cc2NC3=O)C1. The number of ether oxygens (including phenoxy) is 4. The number of hydrogen-bond donors (Lipinski definition) is 4. The Morgan fingerprint density at radius 1 is 0.949 bits per heavy atom. The van der Waals surface area contributed by atoms with Crippen LogP contribution in [0.25, 0.3) is 0 Å². The second-order valence-electron chi connectivity index (χ2n) is 15.6. The first-order valence-electron chi connectivity index (χ1n) is 18.1. The van der Waals surface area contributed by atoms with Crippen LogP contribution in [0, 0.1) is 0 Å². The van der Waals surface area contributed by atoms with Gasteiger partial charge < -0.3 is 50.8 Å². The number of amides is 4. The first-order chi connectivity index (χ1) is 27.3. The molecule has 2 aromatic carbocycles. The van der Waals surface area contributed by atoms with Crippen molar-refractivity contribution in [3.05, 3.63) is 59.2 Å². The number of nitrogens with two attached hydrogens (primary N) is 2. The number of hydrogen-bond acceptors (Lipinski definition) is 11. The minimum Gasteiger partial charge on any atom is -0.484 e. The Morgan fingerprint density at radius 2 is 1.61 bits per heavy atom. The average molecular weight is 840 g/mol. The molecular formula is C37H41F6N8O8+. The third-order valence-electron chi connectivity index (χ3n) is 9.38. The molecule has 22 heteroatoms. The van der Waals surface area contributed by atoms with Crippen LogP contribution in [0.2, 0.25) is 0 Å². The molecule has 6 N–H and O–H groups in total. The summed E-state index contributed by atoms with van der Waals surface area (Å²) in [6.45, 7) is 7.89. The van der Waals surface area contributed by atoms with Gasteiger partial charge in [-0.05, 0) is 50.0 Å². The predicted molar refractivity (Wildman–Crippen MR) is 195 cm³/mol. The van der Waals surface area contributed by atoms with E-state index in [0.717, 1.165) is 17.0 Å². The van der Waals surface area contributed by atoms with Crippen molar-refractivity contribution in [1.29, 1.82) is 0 Å². The van der Waals surface area contributed by atoms with Crippen LogP contribution in [0.4, 0.5) is 58.7 Å². The van der Waals surface area contributed by atoms with Gasteiger partial charge in [-0.15, -0.1) is 0 Å². The molecule has 4 aliphatic heterocycles. The molecule has 0 aliphatic carbocycles. The van der Waals surface area contributed by atoms with E-state index in [9.17, 15) is 45.5 Å². The number of carbonyl (C=O) groups excluding carboxylic acids is 4. The molecule has 0 saturated carbocycles. The lowest BCUT2D eigenvalue weighted by molar-refractivity contribution is -0.799. The lowest BCUT2D eigenvalue weighted by atomic mass is 10.1. The number of likely N-dealkylation sites (tertiary alicyclic amines) is 1. The second-order valence-corrected chi connectivity index (χ2v) is 15.6. The van der Waals surface area contributed by atoms with Gasteiger partial charge in [0.15, 0.2) is 11.5 Å². The molecule has 5 heterocycles. The lowest BCUT2D eigenvalue weighted by Gasteiger charge is -2.27. The molecule has 0 spiro atoms. The van der Waals surface area contributed by atoms with Gasteiger partial charge in [0.25, 0.3) is 23.9 Å². The van der Waals surface area contributed by atoms with Gasteiger partial charge >= 0.3 is 24.5 Å². The van der Waals surface area contributed by atoms with E-state index >= 15 is 0 Å². The highest BCUT2D eigenvalue weighted by molar-refractivity contribution is 6.07. The topological polar surface area (TPSA) is 205 Å². The van der Waals surface area contributed by atoms with Crippen molar-refractivity contribution in [2.45, 2.75) is 83.3 Å². The maximum Gasteiger partial charge on any atom is 0.416 e. The van der Waals surface area contributed by atoms with Crippen molar-refractivity contribution in [1.82, 2.24) is 14.8 Å². The summed E-state index contributed by atoms with van der Waals surface area (Å²) in [7, 11) is 0. The maximum absolute atomic E-state index is 14.3. The highest BCUT2D eigenvalue weighted by atomic mass is 19.4. The molecule has 318 valence electrons. The molecule has 16 nitrogen and oxygen atoms in total. The summed E-state index contributed by atoms with van der Waals surface area (Å²) in [4.78, 5) is 60.8. The van der Waals surface area contributed by atoms with E-state index in [2.05, 4.69) is 15.6 Å². The smallest absolute Gasteiger partial charge is 0.416 e. The summed E-state index contributed by atoms with van der Waals surface area (Å²) in [5, 5.41) is 4.67. The Balaban J connectivity index is 1.40. The molecule has 2 unspecified atom stereocenters. The number of nitrogens with one attached hydrogen (secondary N) is 2. The molecule has 4 bridgehead atoms. The molecule has 4 amide bonds. The number of nitrogen functional groups attached to an aromatic ring is 2. The molecule has 3 aromatic rings. The Bertz CT molecular complexity index is 2190. The summed E-state index contributed by atoms with van der Waals surface area (Å²) in [6, 6.07) is 3.29. The largest absolute Gasteiger partial charge is 0.484 e. The minimum atomic E-state index is -4.95. The summed E-state index contributed by atoms with van der Waals surface area (Å²) in [6.07, 6.45) is -11.6. The van der Waals surface area contributed by atoms with Crippen molar-refractivity contribution in [3.63, 3.8) is 0 Å². The second kappa shape index (κ2) is 15.2. The first-order valence-corrected chi connectivity index (χ1v) is 18.1. The summed E-state index contributed by atoms with van der Waals surface area (Å²) in [5.41, 5.74) is 3.90. The van der Waals surface area contributed by atoms with E-state index in [1.54, 1.807) is 20.8 Å². The quantitative estimate of drug-likeness (QED) is 0.141. The number of anilines is 4. The van der Waals surface area contributed by atoms with E-state index in [4.69, 9.17) is 30.4 Å². The van der Waals surface area contributed by atoms with Crippen molar-refractivity contribution in [3.8, 4) is 11.5 Å². The normalized spacial score (nSPS) is 19.5. The molecular weight excluding hydrogens is 798 g/mol. The number of nitrogens with zero attached hydrogens (tertiary/aromatic N) is 4. The molecule has 7 rings (SSSR count). The van der Waals surface area contributed by atoms with Gasteiger partial charge in [-0.3, -0.25) is 9.59 Å². The van der Waals surface area contributed by atoms with Crippen molar-refractivity contribution >= 4 is 46.8 Å². The monoisotopic (exact) mass is 839 g/mol. The van der Waals surface area contributed by atoms with Crippen molar-refractivity contribution in [2.75, 3.05) is 48.3 Å². The third kappa shape index (κ3) is 9.41. The van der Waals surface area contributed by atoms with Crippen LogP contribution < -0.4 is 36.1 Å². The van der Waals surface area contributed by atoms with Gasteiger partial charge in [0.2, 0.25) is 11.4 Å². The Labute approximate surface area is 332 Å². The van der Waals surface area contributed by atoms with Crippen LogP contribution >= 0.6 is 0 Å². The van der Waals surface area contributed by atoms with E-state index in [0.29, 0.717) is 24.3 Å². The fourth-order valence-corrected chi connectivity index (χ4v) is 6.57. The summed E-state index contributed by atoms with van der Waals surface area (Å²) in [5.74, 6) is -3.02. The van der Waals surface area contributed by atoms with E-state index in [-0.39, 0.29) is 50.5 Å². The molecule has 0 radical (unpaired) electrons. The fraction of sp³-hybridized carbons (Fsp3) is 0.459. The summed E-state index contributed by atoms with van der Waals surface area (Å²) >= 11 is 0. The number of alkyl halides is 6. The number of benzene rings is 2. The first kappa shape index (κ1) is 42.4. The van der Waals surface area contributed by atoms with Crippen molar-refractivity contribution < 1.29 is 69.0 Å². The highest BCUT2D eigenvalue weighted by Gasteiger charge is 2.42. The zero-order valence-electron chi connectivity index (χ0n) is 32.3. The maximum atomic E-state index is 14.3. The predicted octanol–water partition coefficient (Wildman–Crippen LogP) is 5.76. The molecule has 2 atom stereocenters. The molecule has 2 fully saturated rings. The minimum absolute atomic E-state index is 0.0345.